The number of nitrogens with zero attached hydrogens (tertiary/aromatic N) is 1. The molecule has 0 rings (SSSR count). The molecule has 0 aliphatic heterocycles. The van der Waals surface area contributed by atoms with E-state index >= 15 is 0 Å². The second-order valence-electron chi connectivity index (χ2n) is 4.71. The first-order valence-corrected chi connectivity index (χ1v) is 4.73. The van der Waals surface area contributed by atoms with E-state index in [1.165, 1.54) is 0 Å². The zero-order valence-electron chi connectivity index (χ0n) is 9.44. The molecule has 0 saturated heterocycles. The molecule has 0 aliphatic rings. The number of rotatable bonds is 4. The van der Waals surface area contributed by atoms with Crippen LogP contribution in [0.5, 0.6) is 0 Å². The van der Waals surface area contributed by atoms with Crippen molar-refractivity contribution in [2.45, 2.75) is 33.2 Å². The van der Waals surface area contributed by atoms with Gasteiger partial charge in [0.15, 0.2) is 0 Å². The molecule has 12 heavy (non-hydrogen) atoms. The fourth-order valence-corrected chi connectivity index (χ4v) is 1.15. The van der Waals surface area contributed by atoms with Crippen molar-refractivity contribution in [2.75, 3.05) is 27.2 Å². The Morgan fingerprint density at radius 3 is 2.17 bits per heavy atom. The second-order valence-corrected chi connectivity index (χ2v) is 4.71. The average Bonchev–Trinajstić information content (AvgIpc) is 1.85. The average molecular weight is 172 g/mol. The molecule has 0 aliphatic carbocycles. The van der Waals surface area contributed by atoms with Crippen LogP contribution in [0.4, 0.5) is 0 Å². The van der Waals surface area contributed by atoms with Crippen LogP contribution in [0.15, 0.2) is 0 Å². The minimum atomic E-state index is 0.294. The number of hydrogen-bond acceptors (Lipinski definition) is 2. The number of nitrogens with one attached hydrogen (secondary N) is 1. The van der Waals surface area contributed by atoms with Crippen molar-refractivity contribution in [2.24, 2.45) is 5.92 Å². The molecule has 1 atom stereocenters. The molecule has 74 valence electrons. The normalized spacial score (nSPS) is 15.2. The third kappa shape index (κ3) is 4.73. The van der Waals surface area contributed by atoms with Crippen molar-refractivity contribution in [1.29, 1.82) is 0 Å². The van der Waals surface area contributed by atoms with Gasteiger partial charge >= 0.3 is 0 Å². The van der Waals surface area contributed by atoms with Gasteiger partial charge in [0, 0.05) is 12.1 Å². The van der Waals surface area contributed by atoms with Gasteiger partial charge in [-0.2, -0.15) is 0 Å². The van der Waals surface area contributed by atoms with Crippen LogP contribution in [0.3, 0.4) is 0 Å². The van der Waals surface area contributed by atoms with Gasteiger partial charge in [-0.1, -0.05) is 6.92 Å². The minimum absolute atomic E-state index is 0.294. The van der Waals surface area contributed by atoms with E-state index in [1.54, 1.807) is 0 Å². The third-order valence-electron chi connectivity index (χ3n) is 2.28. The minimum Gasteiger partial charge on any atom is -0.319 e. The summed E-state index contributed by atoms with van der Waals surface area (Å²) < 4.78 is 0. The van der Waals surface area contributed by atoms with Gasteiger partial charge < -0.3 is 10.2 Å². The predicted octanol–water partition coefficient (Wildman–Crippen LogP) is 1.57. The third-order valence-corrected chi connectivity index (χ3v) is 2.28. The van der Waals surface area contributed by atoms with E-state index in [1.807, 2.05) is 7.05 Å². The molecule has 2 heteroatoms. The van der Waals surface area contributed by atoms with Crippen LogP contribution in [0.2, 0.25) is 0 Å². The highest BCUT2D eigenvalue weighted by molar-refractivity contribution is 4.74. The van der Waals surface area contributed by atoms with Crippen LogP contribution in [0.1, 0.15) is 27.7 Å². The fourth-order valence-electron chi connectivity index (χ4n) is 1.15. The molecular formula is C10H24N2. The molecule has 0 amide bonds. The molecule has 1 unspecified atom stereocenters. The lowest BCUT2D eigenvalue weighted by molar-refractivity contribution is 0.152. The standard InChI is InChI=1S/C10H24N2/c1-9(7-11-5)8-12(6)10(2,3)4/h9,11H,7-8H2,1-6H3. The highest BCUT2D eigenvalue weighted by atomic mass is 15.2. The van der Waals surface area contributed by atoms with E-state index in [0.717, 1.165) is 19.0 Å². The highest BCUT2D eigenvalue weighted by Crippen LogP contribution is 2.11. The van der Waals surface area contributed by atoms with E-state index in [-0.39, 0.29) is 0 Å². The monoisotopic (exact) mass is 172 g/mol. The molecule has 0 saturated carbocycles. The van der Waals surface area contributed by atoms with Crippen LogP contribution >= 0.6 is 0 Å². The molecule has 0 radical (unpaired) electrons. The molecule has 2 nitrogen and oxygen atoms in total. The molecule has 0 aromatic rings. The molecule has 0 heterocycles. The maximum absolute atomic E-state index is 3.20. The summed E-state index contributed by atoms with van der Waals surface area (Å²) in [6, 6.07) is 0. The Labute approximate surface area is 77.3 Å². The second kappa shape index (κ2) is 4.83. The first-order chi connectivity index (χ1) is 5.38. The van der Waals surface area contributed by atoms with Crippen molar-refractivity contribution in [1.82, 2.24) is 10.2 Å². The molecule has 0 spiro atoms. The maximum Gasteiger partial charge on any atom is 0.0122 e. The van der Waals surface area contributed by atoms with Crippen LogP contribution in [0, 0.1) is 5.92 Å². The first-order valence-electron chi connectivity index (χ1n) is 4.73. The van der Waals surface area contributed by atoms with Crippen molar-refractivity contribution >= 4 is 0 Å². The Morgan fingerprint density at radius 2 is 1.83 bits per heavy atom. The van der Waals surface area contributed by atoms with Gasteiger partial charge in [0.25, 0.3) is 0 Å². The van der Waals surface area contributed by atoms with Gasteiger partial charge in [-0.05, 0) is 47.3 Å². The lowest BCUT2D eigenvalue weighted by atomic mass is 10.0. The van der Waals surface area contributed by atoms with Crippen LogP contribution in [-0.4, -0.2) is 37.6 Å². The highest BCUT2D eigenvalue weighted by Gasteiger charge is 2.18. The van der Waals surface area contributed by atoms with Gasteiger partial charge in [-0.3, -0.25) is 0 Å². The van der Waals surface area contributed by atoms with E-state index in [9.17, 15) is 0 Å². The zero-order chi connectivity index (χ0) is 9.78. The zero-order valence-corrected chi connectivity index (χ0v) is 9.44. The Kier molecular flexibility index (Phi) is 4.80. The quantitative estimate of drug-likeness (QED) is 0.692. The summed E-state index contributed by atoms with van der Waals surface area (Å²) in [4.78, 5) is 2.40. The van der Waals surface area contributed by atoms with E-state index in [2.05, 4.69) is 45.0 Å². The summed E-state index contributed by atoms with van der Waals surface area (Å²) in [5.41, 5.74) is 0.294. The Morgan fingerprint density at radius 1 is 1.33 bits per heavy atom. The summed E-state index contributed by atoms with van der Waals surface area (Å²) in [6.45, 7) is 11.3. The fraction of sp³-hybridized carbons (Fsp3) is 1.00. The van der Waals surface area contributed by atoms with Gasteiger partial charge in [0.2, 0.25) is 0 Å². The van der Waals surface area contributed by atoms with Crippen molar-refractivity contribution < 1.29 is 0 Å². The van der Waals surface area contributed by atoms with Crippen molar-refractivity contribution in [3.05, 3.63) is 0 Å². The molecular weight excluding hydrogens is 148 g/mol. The molecule has 0 bridgehead atoms. The SMILES string of the molecule is CNCC(C)CN(C)C(C)(C)C. The molecule has 1 N–H and O–H groups in total. The predicted molar refractivity (Wildman–Crippen MR) is 55.5 cm³/mol. The Balaban J connectivity index is 3.76. The summed E-state index contributed by atoms with van der Waals surface area (Å²) in [7, 11) is 4.19. The van der Waals surface area contributed by atoms with E-state index in [0.29, 0.717) is 5.54 Å². The molecule has 0 aromatic carbocycles. The number of hydrogen-bond donors (Lipinski definition) is 1. The largest absolute Gasteiger partial charge is 0.319 e. The Bertz CT molecular complexity index is 115. The summed E-state index contributed by atoms with van der Waals surface area (Å²) in [5, 5.41) is 3.20. The van der Waals surface area contributed by atoms with Gasteiger partial charge in [0.05, 0.1) is 0 Å². The van der Waals surface area contributed by atoms with Crippen LogP contribution in [-0.2, 0) is 0 Å². The van der Waals surface area contributed by atoms with Gasteiger partial charge in [-0.25, -0.2) is 0 Å². The van der Waals surface area contributed by atoms with E-state index < -0.39 is 0 Å². The van der Waals surface area contributed by atoms with Crippen LogP contribution in [0.25, 0.3) is 0 Å². The topological polar surface area (TPSA) is 15.3 Å². The summed E-state index contributed by atoms with van der Waals surface area (Å²) in [6.07, 6.45) is 0. The van der Waals surface area contributed by atoms with Gasteiger partial charge in [-0.15, -0.1) is 0 Å². The van der Waals surface area contributed by atoms with E-state index in [4.69, 9.17) is 0 Å². The van der Waals surface area contributed by atoms with Crippen molar-refractivity contribution in [3.63, 3.8) is 0 Å². The van der Waals surface area contributed by atoms with Gasteiger partial charge in [0.1, 0.15) is 0 Å². The lowest BCUT2D eigenvalue weighted by Gasteiger charge is -2.33. The molecule has 0 aromatic heterocycles. The van der Waals surface area contributed by atoms with Crippen LogP contribution < -0.4 is 5.32 Å². The van der Waals surface area contributed by atoms with Crippen molar-refractivity contribution in [3.8, 4) is 0 Å². The smallest absolute Gasteiger partial charge is 0.0122 e. The summed E-state index contributed by atoms with van der Waals surface area (Å²) >= 11 is 0. The molecule has 0 fully saturated rings. The lowest BCUT2D eigenvalue weighted by Crippen LogP contribution is -2.42. The summed E-state index contributed by atoms with van der Waals surface area (Å²) in [5.74, 6) is 0.722. The first kappa shape index (κ1) is 11.9. The maximum atomic E-state index is 3.20. The Hall–Kier alpha value is -0.0800.